The van der Waals surface area contributed by atoms with Gasteiger partial charge < -0.3 is 19.5 Å². The minimum Gasteiger partial charge on any atom is -0.454 e. The molecule has 0 saturated carbocycles. The number of amides is 1. The van der Waals surface area contributed by atoms with Gasteiger partial charge in [0.2, 0.25) is 6.79 Å². The van der Waals surface area contributed by atoms with Crippen LogP contribution < -0.4 is 9.47 Å². The molecule has 0 aliphatic carbocycles. The molecule has 2 aliphatic rings. The fraction of sp³-hybridized carbons (Fsp3) is 0.462. The number of aliphatic hydroxyl groups is 1. The Morgan fingerprint density at radius 3 is 2.72 bits per heavy atom. The molecule has 2 aliphatic heterocycles. The van der Waals surface area contributed by atoms with Crippen molar-refractivity contribution in [1.82, 2.24) is 4.90 Å². The number of hydrogen-bond donors (Lipinski definition) is 1. The lowest BCUT2D eigenvalue weighted by Crippen LogP contribution is -2.40. The lowest BCUT2D eigenvalue weighted by molar-refractivity contribution is 0.0546. The molecule has 1 aromatic carbocycles. The van der Waals surface area contributed by atoms with E-state index < -0.39 is 0 Å². The summed E-state index contributed by atoms with van der Waals surface area (Å²) < 4.78 is 10.5. The van der Waals surface area contributed by atoms with Crippen molar-refractivity contribution in [2.75, 3.05) is 19.9 Å². The molecule has 0 spiro atoms. The summed E-state index contributed by atoms with van der Waals surface area (Å²) in [6.07, 6.45) is 1.03. The molecule has 1 aromatic rings. The Balaban J connectivity index is 1.76. The van der Waals surface area contributed by atoms with Gasteiger partial charge in [-0.3, -0.25) is 4.79 Å². The summed E-state index contributed by atoms with van der Waals surface area (Å²) in [5, 5.41) is 9.43. The van der Waals surface area contributed by atoms with Gasteiger partial charge >= 0.3 is 0 Å². The van der Waals surface area contributed by atoms with Gasteiger partial charge in [-0.25, -0.2) is 0 Å². The predicted molar refractivity (Wildman–Crippen MR) is 63.7 cm³/mol. The van der Waals surface area contributed by atoms with Crippen LogP contribution in [0.2, 0.25) is 0 Å². The number of likely N-dealkylation sites (tertiary alicyclic amines) is 1. The van der Waals surface area contributed by atoms with Crippen molar-refractivity contribution >= 4 is 5.91 Å². The van der Waals surface area contributed by atoms with Gasteiger partial charge in [0.15, 0.2) is 11.5 Å². The van der Waals surface area contributed by atoms with Crippen LogP contribution in [0.15, 0.2) is 18.2 Å². The first-order valence-corrected chi connectivity index (χ1v) is 6.11. The van der Waals surface area contributed by atoms with E-state index in [4.69, 9.17) is 9.47 Å². The first-order chi connectivity index (χ1) is 8.74. The Hall–Kier alpha value is -1.75. The summed E-state index contributed by atoms with van der Waals surface area (Å²) in [6, 6.07) is 5.23. The molecule has 5 nitrogen and oxygen atoms in total. The highest BCUT2D eigenvalue weighted by atomic mass is 16.7. The quantitative estimate of drug-likeness (QED) is 0.807. The molecule has 1 fully saturated rings. The van der Waals surface area contributed by atoms with Crippen molar-refractivity contribution < 1.29 is 19.4 Å². The summed E-state index contributed by atoms with van der Waals surface area (Å²) in [4.78, 5) is 14.0. The lowest BCUT2D eigenvalue weighted by Gasteiger charge is -2.29. The number of ether oxygens (including phenoxy) is 2. The second-order valence-corrected chi connectivity index (χ2v) is 4.59. The molecule has 0 atom stereocenters. The van der Waals surface area contributed by atoms with E-state index in [0.29, 0.717) is 43.0 Å². The number of carbonyl (C=O) groups excluding carboxylic acids is 1. The SMILES string of the molecule is O=C(c1ccc2c(c1)OCO2)N1CCC(O)CC1. The number of fused-ring (bicyclic) bond motifs is 1. The maximum atomic E-state index is 12.3. The molecule has 18 heavy (non-hydrogen) atoms. The van der Waals surface area contributed by atoms with E-state index in [1.807, 2.05) is 0 Å². The summed E-state index contributed by atoms with van der Waals surface area (Å²) in [7, 11) is 0. The minimum atomic E-state index is -0.272. The average molecular weight is 249 g/mol. The first-order valence-electron chi connectivity index (χ1n) is 6.11. The van der Waals surface area contributed by atoms with E-state index in [9.17, 15) is 9.90 Å². The van der Waals surface area contributed by atoms with Gasteiger partial charge in [-0.2, -0.15) is 0 Å². The summed E-state index contributed by atoms with van der Waals surface area (Å²) in [6.45, 7) is 1.42. The van der Waals surface area contributed by atoms with Gasteiger partial charge in [0, 0.05) is 18.7 Å². The lowest BCUT2D eigenvalue weighted by atomic mass is 10.1. The van der Waals surface area contributed by atoms with Crippen molar-refractivity contribution in [3.8, 4) is 11.5 Å². The molecule has 1 saturated heterocycles. The maximum absolute atomic E-state index is 12.3. The van der Waals surface area contributed by atoms with Crippen LogP contribution in [0.25, 0.3) is 0 Å². The number of carbonyl (C=O) groups is 1. The monoisotopic (exact) mass is 249 g/mol. The highest BCUT2D eigenvalue weighted by Crippen LogP contribution is 2.33. The van der Waals surface area contributed by atoms with E-state index in [1.165, 1.54) is 0 Å². The van der Waals surface area contributed by atoms with Gasteiger partial charge in [-0.1, -0.05) is 0 Å². The fourth-order valence-electron chi connectivity index (χ4n) is 2.28. The van der Waals surface area contributed by atoms with E-state index >= 15 is 0 Å². The summed E-state index contributed by atoms with van der Waals surface area (Å²) >= 11 is 0. The minimum absolute atomic E-state index is 0.0137. The van der Waals surface area contributed by atoms with Crippen LogP contribution in [0.3, 0.4) is 0 Å². The van der Waals surface area contributed by atoms with Crippen molar-refractivity contribution in [3.05, 3.63) is 23.8 Å². The van der Waals surface area contributed by atoms with Crippen LogP contribution in [-0.4, -0.2) is 41.9 Å². The van der Waals surface area contributed by atoms with Gasteiger partial charge in [0.25, 0.3) is 5.91 Å². The Morgan fingerprint density at radius 2 is 1.94 bits per heavy atom. The van der Waals surface area contributed by atoms with Gasteiger partial charge in [-0.15, -0.1) is 0 Å². The second kappa shape index (κ2) is 4.49. The molecule has 0 unspecified atom stereocenters. The third kappa shape index (κ3) is 2.01. The van der Waals surface area contributed by atoms with Gasteiger partial charge in [0.05, 0.1) is 6.10 Å². The molecule has 0 aromatic heterocycles. The maximum Gasteiger partial charge on any atom is 0.253 e. The van der Waals surface area contributed by atoms with Crippen LogP contribution in [0.5, 0.6) is 11.5 Å². The molecule has 0 bridgehead atoms. The van der Waals surface area contributed by atoms with E-state index in [2.05, 4.69) is 0 Å². The highest BCUT2D eigenvalue weighted by Gasteiger charge is 2.24. The zero-order valence-electron chi connectivity index (χ0n) is 9.96. The van der Waals surface area contributed by atoms with Crippen LogP contribution in [0.4, 0.5) is 0 Å². The molecule has 1 N–H and O–H groups in total. The smallest absolute Gasteiger partial charge is 0.253 e. The molecule has 3 rings (SSSR count). The van der Waals surface area contributed by atoms with Crippen LogP contribution >= 0.6 is 0 Å². The molecule has 1 amide bonds. The Bertz CT molecular complexity index is 466. The molecular weight excluding hydrogens is 234 g/mol. The predicted octanol–water partition coefficient (Wildman–Crippen LogP) is 1.01. The van der Waals surface area contributed by atoms with Gasteiger partial charge in [0.1, 0.15) is 0 Å². The second-order valence-electron chi connectivity index (χ2n) is 4.59. The van der Waals surface area contributed by atoms with Crippen LogP contribution in [0, 0.1) is 0 Å². The van der Waals surface area contributed by atoms with Crippen molar-refractivity contribution in [3.63, 3.8) is 0 Å². The zero-order chi connectivity index (χ0) is 12.5. The fourth-order valence-corrected chi connectivity index (χ4v) is 2.28. The van der Waals surface area contributed by atoms with Gasteiger partial charge in [-0.05, 0) is 31.0 Å². The molecule has 0 radical (unpaired) electrons. The van der Waals surface area contributed by atoms with Crippen LogP contribution in [-0.2, 0) is 0 Å². The highest BCUT2D eigenvalue weighted by molar-refractivity contribution is 5.95. The molecule has 5 heteroatoms. The van der Waals surface area contributed by atoms with Crippen molar-refractivity contribution in [2.45, 2.75) is 18.9 Å². The molecule has 2 heterocycles. The van der Waals surface area contributed by atoms with Crippen LogP contribution in [0.1, 0.15) is 23.2 Å². The Morgan fingerprint density at radius 1 is 1.22 bits per heavy atom. The number of benzene rings is 1. The number of piperidine rings is 1. The standard InChI is InChI=1S/C13H15NO4/c15-10-3-5-14(6-4-10)13(16)9-1-2-11-12(7-9)18-8-17-11/h1-2,7,10,15H,3-6,8H2. The van der Waals surface area contributed by atoms with E-state index in [-0.39, 0.29) is 18.8 Å². The Kier molecular flexibility index (Phi) is 2.83. The number of nitrogens with zero attached hydrogens (tertiary/aromatic N) is 1. The average Bonchev–Trinajstić information content (AvgIpc) is 2.86. The number of aliphatic hydroxyl groups excluding tert-OH is 1. The summed E-state index contributed by atoms with van der Waals surface area (Å²) in [5.74, 6) is 1.29. The molecule has 96 valence electrons. The molecular formula is C13H15NO4. The third-order valence-electron chi connectivity index (χ3n) is 3.37. The Labute approximate surface area is 105 Å². The topological polar surface area (TPSA) is 59.0 Å². The van der Waals surface area contributed by atoms with Crippen molar-refractivity contribution in [1.29, 1.82) is 0 Å². The third-order valence-corrected chi connectivity index (χ3v) is 3.37. The number of hydrogen-bond acceptors (Lipinski definition) is 4. The number of rotatable bonds is 1. The van der Waals surface area contributed by atoms with Crippen molar-refractivity contribution in [2.24, 2.45) is 0 Å². The zero-order valence-corrected chi connectivity index (χ0v) is 9.96. The first kappa shape index (κ1) is 11.3. The normalized spacial score (nSPS) is 19.1. The van der Waals surface area contributed by atoms with E-state index in [1.54, 1.807) is 23.1 Å². The van der Waals surface area contributed by atoms with E-state index in [0.717, 1.165) is 0 Å². The largest absolute Gasteiger partial charge is 0.454 e. The summed E-state index contributed by atoms with van der Waals surface area (Å²) in [5.41, 5.74) is 0.607.